The Labute approximate surface area is 183 Å². The first-order chi connectivity index (χ1) is 13.8. The van der Waals surface area contributed by atoms with Crippen LogP contribution >= 0.6 is 15.9 Å². The normalized spacial score (nSPS) is 15.6. The van der Waals surface area contributed by atoms with Crippen molar-refractivity contribution in [3.8, 4) is 0 Å². The van der Waals surface area contributed by atoms with Crippen molar-refractivity contribution in [2.75, 3.05) is 44.2 Å². The smallest absolute Gasteiger partial charge is 0.240 e. The van der Waals surface area contributed by atoms with Crippen LogP contribution in [-0.2, 0) is 10.0 Å². The Morgan fingerprint density at radius 3 is 2.45 bits per heavy atom. The van der Waals surface area contributed by atoms with E-state index in [0.29, 0.717) is 11.4 Å². The van der Waals surface area contributed by atoms with E-state index in [1.807, 2.05) is 6.92 Å². The fourth-order valence-corrected chi connectivity index (χ4v) is 4.99. The maximum absolute atomic E-state index is 12.4. The van der Waals surface area contributed by atoms with Crippen LogP contribution in [0.25, 0.3) is 0 Å². The Morgan fingerprint density at radius 1 is 1.00 bits per heavy atom. The molecule has 0 aliphatic carbocycles. The highest BCUT2D eigenvalue weighted by atomic mass is 79.9. The lowest BCUT2D eigenvalue weighted by atomic mass is 10.2. The molecule has 2 aromatic carbocycles. The van der Waals surface area contributed by atoms with Crippen molar-refractivity contribution in [2.24, 2.45) is 0 Å². The maximum atomic E-state index is 12.4. The highest BCUT2D eigenvalue weighted by Gasteiger charge is 2.17. The summed E-state index contributed by atoms with van der Waals surface area (Å²) in [7, 11) is -3.44. The summed E-state index contributed by atoms with van der Waals surface area (Å²) in [4.78, 5) is 5.24. The lowest BCUT2D eigenvalue weighted by Gasteiger charge is -2.36. The lowest BCUT2D eigenvalue weighted by Crippen LogP contribution is -2.46. The summed E-state index contributed by atoms with van der Waals surface area (Å²) in [5, 5.41) is 0. The molecular weight excluding hydrogens is 450 g/mol. The van der Waals surface area contributed by atoms with E-state index < -0.39 is 10.0 Å². The molecule has 0 aromatic heterocycles. The summed E-state index contributed by atoms with van der Waals surface area (Å²) >= 11 is 3.40. The maximum Gasteiger partial charge on any atom is 0.240 e. The van der Waals surface area contributed by atoms with Crippen LogP contribution < -0.4 is 9.62 Å². The van der Waals surface area contributed by atoms with Crippen LogP contribution in [0.2, 0.25) is 0 Å². The third-order valence-electron chi connectivity index (χ3n) is 5.37. The van der Waals surface area contributed by atoms with Crippen LogP contribution in [0.15, 0.2) is 51.8 Å². The minimum Gasteiger partial charge on any atom is -0.369 e. The fraction of sp³-hybridized carbons (Fsp3) is 0.455. The van der Waals surface area contributed by atoms with Gasteiger partial charge in [-0.2, -0.15) is 0 Å². The predicted molar refractivity (Wildman–Crippen MR) is 123 cm³/mol. The van der Waals surface area contributed by atoms with Gasteiger partial charge in [-0.15, -0.1) is 0 Å². The molecule has 2 aromatic rings. The number of nitrogens with zero attached hydrogens (tertiary/aromatic N) is 2. The van der Waals surface area contributed by atoms with Gasteiger partial charge in [-0.05, 0) is 74.7 Å². The summed E-state index contributed by atoms with van der Waals surface area (Å²) < 4.78 is 28.5. The zero-order chi connectivity index (χ0) is 20.9. The monoisotopic (exact) mass is 479 g/mol. The van der Waals surface area contributed by atoms with Crippen LogP contribution in [0.3, 0.4) is 0 Å². The summed E-state index contributed by atoms with van der Waals surface area (Å²) in [6, 6.07) is 13.8. The number of sulfonamides is 1. The summed E-state index contributed by atoms with van der Waals surface area (Å²) in [6.07, 6.45) is 1.83. The van der Waals surface area contributed by atoms with Gasteiger partial charge in [-0.25, -0.2) is 13.1 Å². The third kappa shape index (κ3) is 6.28. The number of piperazine rings is 1. The Hall–Kier alpha value is -1.41. The van der Waals surface area contributed by atoms with E-state index in [1.165, 1.54) is 11.3 Å². The molecule has 0 bridgehead atoms. The summed E-state index contributed by atoms with van der Waals surface area (Å²) in [5.41, 5.74) is 3.52. The molecule has 1 saturated heterocycles. The zero-order valence-electron chi connectivity index (χ0n) is 17.2. The van der Waals surface area contributed by atoms with Gasteiger partial charge in [0.05, 0.1) is 4.90 Å². The molecule has 0 spiro atoms. The highest BCUT2D eigenvalue weighted by molar-refractivity contribution is 9.10. The Balaban J connectivity index is 1.36. The molecule has 0 radical (unpaired) electrons. The first-order valence-electron chi connectivity index (χ1n) is 10.1. The van der Waals surface area contributed by atoms with Gasteiger partial charge in [0, 0.05) is 42.9 Å². The van der Waals surface area contributed by atoms with Crippen molar-refractivity contribution >= 4 is 31.6 Å². The second-order valence-electron chi connectivity index (χ2n) is 7.68. The van der Waals surface area contributed by atoms with Crippen molar-refractivity contribution < 1.29 is 8.42 Å². The third-order valence-corrected chi connectivity index (χ3v) is 7.72. The van der Waals surface area contributed by atoms with E-state index in [0.717, 1.165) is 55.6 Å². The number of hydrogen-bond acceptors (Lipinski definition) is 4. The van der Waals surface area contributed by atoms with Gasteiger partial charge >= 0.3 is 0 Å². The molecule has 7 heteroatoms. The average Bonchev–Trinajstić information content (AvgIpc) is 2.70. The van der Waals surface area contributed by atoms with Crippen LogP contribution in [0.5, 0.6) is 0 Å². The number of nitrogens with one attached hydrogen (secondary N) is 1. The van der Waals surface area contributed by atoms with Gasteiger partial charge in [0.25, 0.3) is 0 Å². The quantitative estimate of drug-likeness (QED) is 0.582. The first kappa shape index (κ1) is 22.3. The van der Waals surface area contributed by atoms with Crippen molar-refractivity contribution in [1.29, 1.82) is 0 Å². The Kier molecular flexibility index (Phi) is 7.73. The van der Waals surface area contributed by atoms with Crippen LogP contribution in [0, 0.1) is 13.8 Å². The molecule has 1 heterocycles. The van der Waals surface area contributed by atoms with E-state index in [1.54, 1.807) is 18.2 Å². The standard InChI is InChI=1S/C22H30BrN3O2S/c1-18-6-5-7-20(16-18)26-14-12-25(13-15-26)11-4-3-10-24-29(27,28)21-8-9-22(23)19(2)17-21/h5-9,16-17,24H,3-4,10-15H2,1-2H3. The topological polar surface area (TPSA) is 52.6 Å². The summed E-state index contributed by atoms with van der Waals surface area (Å²) in [5.74, 6) is 0. The molecule has 0 amide bonds. The van der Waals surface area contributed by atoms with Crippen LogP contribution in [-0.4, -0.2) is 52.6 Å². The molecule has 0 unspecified atom stereocenters. The van der Waals surface area contributed by atoms with Crippen molar-refractivity contribution in [2.45, 2.75) is 31.6 Å². The van der Waals surface area contributed by atoms with Gasteiger partial charge in [0.2, 0.25) is 10.0 Å². The van der Waals surface area contributed by atoms with Crippen molar-refractivity contribution in [1.82, 2.24) is 9.62 Å². The first-order valence-corrected chi connectivity index (χ1v) is 12.4. The zero-order valence-corrected chi connectivity index (χ0v) is 19.6. The molecule has 1 aliphatic rings. The van der Waals surface area contributed by atoms with E-state index in [-0.39, 0.29) is 0 Å². The Morgan fingerprint density at radius 2 is 1.76 bits per heavy atom. The van der Waals surface area contributed by atoms with Gasteiger partial charge in [-0.1, -0.05) is 28.1 Å². The molecule has 1 fully saturated rings. The van der Waals surface area contributed by atoms with Gasteiger partial charge in [0.1, 0.15) is 0 Å². The van der Waals surface area contributed by atoms with E-state index in [4.69, 9.17) is 0 Å². The van der Waals surface area contributed by atoms with Gasteiger partial charge < -0.3 is 4.90 Å². The van der Waals surface area contributed by atoms with Crippen LogP contribution in [0.1, 0.15) is 24.0 Å². The minimum atomic E-state index is -3.44. The average molecular weight is 480 g/mol. The molecule has 5 nitrogen and oxygen atoms in total. The molecule has 1 N–H and O–H groups in total. The lowest BCUT2D eigenvalue weighted by molar-refractivity contribution is 0.253. The molecule has 29 heavy (non-hydrogen) atoms. The summed E-state index contributed by atoms with van der Waals surface area (Å²) in [6.45, 7) is 9.70. The minimum absolute atomic E-state index is 0.325. The molecular formula is C22H30BrN3O2S. The van der Waals surface area contributed by atoms with E-state index in [9.17, 15) is 8.42 Å². The number of anilines is 1. The van der Waals surface area contributed by atoms with E-state index >= 15 is 0 Å². The molecule has 0 atom stereocenters. The molecule has 0 saturated carbocycles. The fourth-order valence-electron chi connectivity index (χ4n) is 3.59. The highest BCUT2D eigenvalue weighted by Crippen LogP contribution is 2.20. The number of unbranched alkanes of at least 4 members (excludes halogenated alkanes) is 1. The van der Waals surface area contributed by atoms with Gasteiger partial charge in [0.15, 0.2) is 0 Å². The second-order valence-corrected chi connectivity index (χ2v) is 10.3. The number of aryl methyl sites for hydroxylation is 2. The van der Waals surface area contributed by atoms with Gasteiger partial charge in [-0.3, -0.25) is 4.90 Å². The number of benzene rings is 2. The molecule has 158 valence electrons. The van der Waals surface area contributed by atoms with E-state index in [2.05, 4.69) is 61.6 Å². The number of halogens is 1. The SMILES string of the molecule is Cc1cccc(N2CCN(CCCCNS(=O)(=O)c3ccc(Br)c(C)c3)CC2)c1. The number of rotatable bonds is 8. The number of hydrogen-bond donors (Lipinski definition) is 1. The molecule has 3 rings (SSSR count). The molecule has 1 aliphatic heterocycles. The second kappa shape index (κ2) is 10.1. The largest absolute Gasteiger partial charge is 0.369 e. The van der Waals surface area contributed by atoms with Crippen LogP contribution in [0.4, 0.5) is 5.69 Å². The van der Waals surface area contributed by atoms with Crippen molar-refractivity contribution in [3.63, 3.8) is 0 Å². The predicted octanol–water partition coefficient (Wildman–Crippen LogP) is 3.95. The van der Waals surface area contributed by atoms with Crippen molar-refractivity contribution in [3.05, 3.63) is 58.1 Å². The Bertz CT molecular complexity index is 925.